The van der Waals surface area contributed by atoms with Crippen molar-refractivity contribution in [3.63, 3.8) is 0 Å². The van der Waals surface area contributed by atoms with E-state index in [0.29, 0.717) is 0 Å². The predicted octanol–water partition coefficient (Wildman–Crippen LogP) is 15.7. The van der Waals surface area contributed by atoms with Gasteiger partial charge in [-0.15, -0.1) is 0 Å². The van der Waals surface area contributed by atoms with Crippen molar-refractivity contribution in [2.24, 2.45) is 0 Å². The van der Waals surface area contributed by atoms with Crippen LogP contribution in [0.3, 0.4) is 0 Å². The van der Waals surface area contributed by atoms with Crippen LogP contribution >= 0.6 is 0 Å². The highest BCUT2D eigenvalue weighted by Crippen LogP contribution is 2.59. The predicted molar refractivity (Wildman–Crippen MR) is 251 cm³/mol. The zero-order valence-corrected chi connectivity index (χ0v) is 34.8. The molecule has 0 aromatic heterocycles. The van der Waals surface area contributed by atoms with Crippen LogP contribution in [0.2, 0.25) is 0 Å². The second-order valence-electron chi connectivity index (χ2n) is 18.4. The van der Waals surface area contributed by atoms with E-state index in [9.17, 15) is 0 Å². The van der Waals surface area contributed by atoms with Crippen LogP contribution < -0.4 is 4.90 Å². The Hall–Kier alpha value is -6.44. The molecule has 4 aliphatic rings. The molecule has 0 heterocycles. The molecule has 8 aromatic carbocycles. The van der Waals surface area contributed by atoms with Gasteiger partial charge < -0.3 is 4.90 Å². The van der Waals surface area contributed by atoms with Crippen molar-refractivity contribution >= 4 is 17.1 Å². The first-order valence-electron chi connectivity index (χ1n) is 22.1. The monoisotopic (exact) mass is 771 g/mol. The molecule has 1 fully saturated rings. The number of nitrogens with zero attached hydrogens (tertiary/aromatic N) is 1. The lowest BCUT2D eigenvalue weighted by atomic mass is 9.68. The molecular formula is C59H49N. The fourth-order valence-corrected chi connectivity index (χ4v) is 12.4. The summed E-state index contributed by atoms with van der Waals surface area (Å²) in [4.78, 5) is 2.60. The van der Waals surface area contributed by atoms with Crippen LogP contribution in [0, 0.1) is 0 Å². The maximum Gasteiger partial charge on any atom is 0.0540 e. The maximum absolute atomic E-state index is 2.60. The van der Waals surface area contributed by atoms with E-state index >= 15 is 0 Å². The molecule has 12 rings (SSSR count). The molecule has 4 aliphatic carbocycles. The molecule has 0 aliphatic heterocycles. The Bertz CT molecular complexity index is 3020. The number of hydrogen-bond acceptors (Lipinski definition) is 1. The minimum Gasteiger partial charge on any atom is -0.310 e. The molecule has 8 aromatic rings. The van der Waals surface area contributed by atoms with Gasteiger partial charge in [0.05, 0.1) is 5.69 Å². The van der Waals surface area contributed by atoms with Gasteiger partial charge in [-0.05, 0) is 128 Å². The first kappa shape index (κ1) is 35.5. The molecule has 1 spiro atoms. The van der Waals surface area contributed by atoms with Crippen LogP contribution in [0.1, 0.15) is 91.8 Å². The molecule has 0 N–H and O–H groups in total. The number of benzene rings is 8. The van der Waals surface area contributed by atoms with Crippen molar-refractivity contribution in [1.82, 2.24) is 0 Å². The summed E-state index contributed by atoms with van der Waals surface area (Å²) in [7, 11) is 0. The molecule has 0 saturated heterocycles. The van der Waals surface area contributed by atoms with Gasteiger partial charge in [-0.1, -0.05) is 185 Å². The second kappa shape index (κ2) is 13.0. The normalized spacial score (nSPS) is 18.2. The third kappa shape index (κ3) is 4.81. The quantitative estimate of drug-likeness (QED) is 0.168. The Morgan fingerprint density at radius 1 is 0.367 bits per heavy atom. The first-order valence-corrected chi connectivity index (χ1v) is 22.1. The number of rotatable bonds is 5. The van der Waals surface area contributed by atoms with Gasteiger partial charge in [-0.2, -0.15) is 0 Å². The summed E-state index contributed by atoms with van der Waals surface area (Å²) in [5, 5.41) is 0. The number of hydrogen-bond donors (Lipinski definition) is 0. The maximum atomic E-state index is 2.60. The molecule has 290 valence electrons. The highest BCUT2D eigenvalue weighted by molar-refractivity contribution is 5.96. The molecule has 0 amide bonds. The zero-order valence-electron chi connectivity index (χ0n) is 34.8. The van der Waals surface area contributed by atoms with Gasteiger partial charge in [0.15, 0.2) is 0 Å². The van der Waals surface area contributed by atoms with E-state index in [1.54, 1.807) is 0 Å². The fourth-order valence-electron chi connectivity index (χ4n) is 12.4. The average molecular weight is 772 g/mol. The smallest absolute Gasteiger partial charge is 0.0540 e. The van der Waals surface area contributed by atoms with E-state index in [4.69, 9.17) is 0 Å². The van der Waals surface area contributed by atoms with Crippen molar-refractivity contribution < 1.29 is 0 Å². The van der Waals surface area contributed by atoms with Gasteiger partial charge in [0.2, 0.25) is 0 Å². The van der Waals surface area contributed by atoms with E-state index in [-0.39, 0.29) is 16.2 Å². The Morgan fingerprint density at radius 3 is 1.55 bits per heavy atom. The van der Waals surface area contributed by atoms with Gasteiger partial charge in [-0.25, -0.2) is 0 Å². The van der Waals surface area contributed by atoms with Gasteiger partial charge in [-0.3, -0.25) is 0 Å². The summed E-state index contributed by atoms with van der Waals surface area (Å²) >= 11 is 0. The van der Waals surface area contributed by atoms with Crippen LogP contribution in [0.25, 0.3) is 44.5 Å². The molecule has 0 bridgehead atoms. The molecule has 60 heavy (non-hydrogen) atoms. The molecule has 1 nitrogen and oxygen atoms in total. The van der Waals surface area contributed by atoms with Crippen molar-refractivity contribution in [1.29, 1.82) is 0 Å². The van der Waals surface area contributed by atoms with Crippen LogP contribution in [0.4, 0.5) is 17.1 Å². The van der Waals surface area contributed by atoms with Gasteiger partial charge in [0.25, 0.3) is 0 Å². The SMILES string of the molecule is CC1(C)c2ccccc2-c2cccc(-c3ccccc3N(c3ccc4c(c3)C3(CCCCC3)c3ccccc3-4)c3ccc4c(c3)C(C)(c3ccccc3)c3ccccc3-4)c21. The number of para-hydroxylation sites is 1. The van der Waals surface area contributed by atoms with Crippen molar-refractivity contribution in [2.45, 2.75) is 69.1 Å². The summed E-state index contributed by atoms with van der Waals surface area (Å²) in [6.45, 7) is 7.25. The molecule has 1 unspecified atom stereocenters. The Labute approximate surface area is 355 Å². The fraction of sp³-hybridized carbons (Fsp3) is 0.186. The lowest BCUT2D eigenvalue weighted by molar-refractivity contribution is 0.353. The summed E-state index contributed by atoms with van der Waals surface area (Å²) in [6, 6.07) is 69.4. The second-order valence-corrected chi connectivity index (χ2v) is 18.4. The Kier molecular flexibility index (Phi) is 7.71. The summed E-state index contributed by atoms with van der Waals surface area (Å²) in [5.41, 5.74) is 23.8. The van der Waals surface area contributed by atoms with Gasteiger partial charge in [0.1, 0.15) is 0 Å². The number of fused-ring (bicyclic) bond motifs is 11. The summed E-state index contributed by atoms with van der Waals surface area (Å²) < 4.78 is 0. The third-order valence-electron chi connectivity index (χ3n) is 15.1. The summed E-state index contributed by atoms with van der Waals surface area (Å²) in [5.74, 6) is 0. The molecule has 1 heteroatoms. The van der Waals surface area contributed by atoms with Crippen LogP contribution in [0.5, 0.6) is 0 Å². The van der Waals surface area contributed by atoms with Gasteiger partial charge in [0, 0.05) is 33.2 Å². The minimum atomic E-state index is -0.309. The average Bonchev–Trinajstić information content (AvgIpc) is 3.82. The number of anilines is 3. The van der Waals surface area contributed by atoms with E-state index in [0.717, 1.165) is 0 Å². The lowest BCUT2D eigenvalue weighted by Crippen LogP contribution is -2.28. The van der Waals surface area contributed by atoms with Crippen LogP contribution in [-0.4, -0.2) is 0 Å². The molecule has 1 saturated carbocycles. The molecule has 0 radical (unpaired) electrons. The summed E-state index contributed by atoms with van der Waals surface area (Å²) in [6.07, 6.45) is 6.26. The van der Waals surface area contributed by atoms with E-state index < -0.39 is 0 Å². The van der Waals surface area contributed by atoms with E-state index in [2.05, 4.69) is 208 Å². The highest BCUT2D eigenvalue weighted by atomic mass is 15.1. The van der Waals surface area contributed by atoms with Crippen LogP contribution in [-0.2, 0) is 16.2 Å². The largest absolute Gasteiger partial charge is 0.310 e. The topological polar surface area (TPSA) is 3.24 Å². The van der Waals surface area contributed by atoms with Crippen molar-refractivity contribution in [2.75, 3.05) is 4.90 Å². The van der Waals surface area contributed by atoms with Crippen molar-refractivity contribution in [3.8, 4) is 44.5 Å². The van der Waals surface area contributed by atoms with E-state index in [1.165, 1.54) is 133 Å². The van der Waals surface area contributed by atoms with Gasteiger partial charge >= 0.3 is 0 Å². The Morgan fingerprint density at radius 2 is 0.850 bits per heavy atom. The first-order chi connectivity index (χ1) is 29.4. The highest BCUT2D eigenvalue weighted by Gasteiger charge is 2.45. The standard InChI is InChI=1S/C59H49N/c1-57(2)50-27-12-8-23-44(50)48-25-18-26-49(56(48)57)47-24-11-15-30-55(47)60(41-32-34-46-43-22-10-14-29-52(43)59(54(46)38-41)35-16-5-17-36-59)40-31-33-45-42-21-9-13-28-51(42)58(3,53(45)37-40)39-19-6-4-7-20-39/h4,6-15,18-34,37-38H,5,16-17,35-36H2,1-3H3. The van der Waals surface area contributed by atoms with Crippen molar-refractivity contribution in [3.05, 3.63) is 221 Å². The molecular weight excluding hydrogens is 723 g/mol. The lowest BCUT2D eigenvalue weighted by Gasteiger charge is -2.37. The molecule has 1 atom stereocenters. The zero-order chi connectivity index (χ0) is 40.2. The Balaban J connectivity index is 1.12. The van der Waals surface area contributed by atoms with E-state index in [1.807, 2.05) is 0 Å². The van der Waals surface area contributed by atoms with Crippen LogP contribution in [0.15, 0.2) is 182 Å². The minimum absolute atomic E-state index is 0.0485. The third-order valence-corrected chi connectivity index (χ3v) is 15.1.